The highest BCUT2D eigenvalue weighted by atomic mass is 32.1. The van der Waals surface area contributed by atoms with Crippen LogP contribution in [0.3, 0.4) is 0 Å². The minimum atomic E-state index is -0.290. The summed E-state index contributed by atoms with van der Waals surface area (Å²) in [5.41, 5.74) is 2.59. The van der Waals surface area contributed by atoms with E-state index in [0.717, 1.165) is 34.7 Å². The number of halogens is 1. The van der Waals surface area contributed by atoms with E-state index >= 15 is 0 Å². The van der Waals surface area contributed by atoms with Crippen LogP contribution < -0.4 is 0 Å². The number of rotatable bonds is 4. The maximum Gasteiger partial charge on any atom is 0.226 e. The molecular formula is C19H19FN4O2S. The van der Waals surface area contributed by atoms with Crippen LogP contribution in [0, 0.1) is 12.7 Å². The summed E-state index contributed by atoms with van der Waals surface area (Å²) >= 11 is 1.31. The van der Waals surface area contributed by atoms with Crippen molar-refractivity contribution in [3.8, 4) is 10.6 Å². The lowest BCUT2D eigenvalue weighted by Crippen LogP contribution is -2.38. The average molecular weight is 386 g/mol. The molecule has 1 amide bonds. The number of piperidine rings is 1. The van der Waals surface area contributed by atoms with Gasteiger partial charge in [0.05, 0.1) is 17.8 Å². The molecule has 1 fully saturated rings. The van der Waals surface area contributed by atoms with Crippen LogP contribution in [0.1, 0.15) is 35.7 Å². The fourth-order valence-corrected chi connectivity index (χ4v) is 4.09. The van der Waals surface area contributed by atoms with Gasteiger partial charge in [-0.2, -0.15) is 0 Å². The van der Waals surface area contributed by atoms with Gasteiger partial charge < -0.3 is 9.42 Å². The predicted molar refractivity (Wildman–Crippen MR) is 98.8 cm³/mol. The van der Waals surface area contributed by atoms with Gasteiger partial charge in [0.2, 0.25) is 5.91 Å². The smallest absolute Gasteiger partial charge is 0.226 e. The molecule has 2 aromatic heterocycles. The van der Waals surface area contributed by atoms with Crippen LogP contribution in [0.2, 0.25) is 0 Å². The Balaban J connectivity index is 1.39. The molecule has 0 atom stereocenters. The van der Waals surface area contributed by atoms with Crippen molar-refractivity contribution >= 4 is 17.4 Å². The lowest BCUT2D eigenvalue weighted by Gasteiger charge is -2.31. The highest BCUT2D eigenvalue weighted by Gasteiger charge is 2.28. The number of hydrogen-bond donors (Lipinski definition) is 0. The monoisotopic (exact) mass is 386 g/mol. The van der Waals surface area contributed by atoms with Gasteiger partial charge in [-0.05, 0) is 49.0 Å². The Kier molecular flexibility index (Phi) is 4.98. The zero-order valence-corrected chi connectivity index (χ0v) is 15.7. The van der Waals surface area contributed by atoms with Gasteiger partial charge in [0.1, 0.15) is 10.7 Å². The Morgan fingerprint density at radius 3 is 2.70 bits per heavy atom. The molecule has 8 heteroatoms. The third-order valence-electron chi connectivity index (χ3n) is 4.87. The molecule has 1 aliphatic heterocycles. The van der Waals surface area contributed by atoms with Crippen molar-refractivity contribution in [3.05, 3.63) is 53.1 Å². The predicted octanol–water partition coefficient (Wildman–Crippen LogP) is 3.59. The second kappa shape index (κ2) is 7.56. The van der Waals surface area contributed by atoms with Crippen LogP contribution in [0.15, 0.2) is 34.9 Å². The van der Waals surface area contributed by atoms with Gasteiger partial charge >= 0.3 is 0 Å². The van der Waals surface area contributed by atoms with Gasteiger partial charge in [0, 0.05) is 25.1 Å². The number of nitrogens with zero attached hydrogens (tertiary/aromatic N) is 4. The Hall–Kier alpha value is -2.61. The van der Waals surface area contributed by atoms with Crippen molar-refractivity contribution in [2.75, 3.05) is 13.1 Å². The van der Waals surface area contributed by atoms with E-state index in [4.69, 9.17) is 4.52 Å². The minimum Gasteiger partial charge on any atom is -0.355 e. The normalized spacial score (nSPS) is 15.3. The minimum absolute atomic E-state index is 0.0718. The van der Waals surface area contributed by atoms with Gasteiger partial charge in [0.15, 0.2) is 5.76 Å². The summed E-state index contributed by atoms with van der Waals surface area (Å²) in [4.78, 5) is 15.3. The van der Waals surface area contributed by atoms with Crippen molar-refractivity contribution in [2.24, 2.45) is 0 Å². The van der Waals surface area contributed by atoms with Crippen LogP contribution in [0.25, 0.3) is 10.6 Å². The van der Waals surface area contributed by atoms with Crippen molar-refractivity contribution in [1.29, 1.82) is 0 Å². The van der Waals surface area contributed by atoms with Crippen molar-refractivity contribution < 1.29 is 13.7 Å². The molecule has 0 aliphatic carbocycles. The molecule has 1 aromatic carbocycles. The second-order valence-electron chi connectivity index (χ2n) is 6.78. The fourth-order valence-electron chi connectivity index (χ4n) is 3.40. The van der Waals surface area contributed by atoms with E-state index in [-0.39, 0.29) is 17.6 Å². The highest BCUT2D eigenvalue weighted by molar-refractivity contribution is 7.09. The fraction of sp³-hybridized carbons (Fsp3) is 0.368. The SMILES string of the molecule is Cc1cc(-c2snnc2C2CCN(C(=O)Cc3ccc(F)cc3)CC2)on1. The molecule has 0 unspecified atom stereocenters. The molecule has 6 nitrogen and oxygen atoms in total. The Labute approximate surface area is 160 Å². The molecule has 0 saturated carbocycles. The Morgan fingerprint density at radius 1 is 1.30 bits per heavy atom. The molecule has 0 bridgehead atoms. The summed E-state index contributed by atoms with van der Waals surface area (Å²) in [6.07, 6.45) is 1.97. The Bertz CT molecular complexity index is 929. The lowest BCUT2D eigenvalue weighted by molar-refractivity contribution is -0.131. The zero-order chi connectivity index (χ0) is 18.8. The van der Waals surface area contributed by atoms with E-state index in [1.807, 2.05) is 17.9 Å². The number of amides is 1. The summed E-state index contributed by atoms with van der Waals surface area (Å²) in [5.74, 6) is 0.732. The number of aromatic nitrogens is 3. The third kappa shape index (κ3) is 3.90. The maximum absolute atomic E-state index is 13.0. The molecule has 3 heterocycles. The van der Waals surface area contributed by atoms with Gasteiger partial charge in [-0.15, -0.1) is 5.10 Å². The van der Waals surface area contributed by atoms with Crippen LogP contribution in [-0.2, 0) is 11.2 Å². The van der Waals surface area contributed by atoms with E-state index in [2.05, 4.69) is 14.7 Å². The van der Waals surface area contributed by atoms with E-state index in [1.54, 1.807) is 12.1 Å². The standard InChI is InChI=1S/C19H19FN4O2S/c1-12-10-16(26-22-12)19-18(21-23-27-19)14-6-8-24(9-7-14)17(25)11-13-2-4-15(20)5-3-13/h2-5,10,14H,6-9,11H2,1H3. The quantitative estimate of drug-likeness (QED) is 0.685. The Morgan fingerprint density at radius 2 is 2.04 bits per heavy atom. The summed E-state index contributed by atoms with van der Waals surface area (Å²) in [7, 11) is 0. The van der Waals surface area contributed by atoms with Crippen LogP contribution in [-0.4, -0.2) is 38.6 Å². The van der Waals surface area contributed by atoms with Gasteiger partial charge in [-0.1, -0.05) is 21.8 Å². The van der Waals surface area contributed by atoms with E-state index < -0.39 is 0 Å². The largest absolute Gasteiger partial charge is 0.355 e. The number of likely N-dealkylation sites (tertiary alicyclic amines) is 1. The molecule has 0 N–H and O–H groups in total. The van der Waals surface area contributed by atoms with Gasteiger partial charge in [-0.3, -0.25) is 4.79 Å². The average Bonchev–Trinajstić information content (AvgIpc) is 3.32. The molecular weight excluding hydrogens is 367 g/mol. The summed E-state index contributed by atoms with van der Waals surface area (Å²) in [6, 6.07) is 7.98. The number of aryl methyl sites for hydroxylation is 1. The topological polar surface area (TPSA) is 72.1 Å². The molecule has 140 valence electrons. The molecule has 3 aromatic rings. The van der Waals surface area contributed by atoms with Crippen molar-refractivity contribution in [3.63, 3.8) is 0 Å². The summed E-state index contributed by atoms with van der Waals surface area (Å²) in [5, 5.41) is 8.25. The number of carbonyl (C=O) groups excluding carboxylic acids is 1. The first-order valence-corrected chi connectivity index (χ1v) is 9.65. The van der Waals surface area contributed by atoms with Crippen molar-refractivity contribution in [1.82, 2.24) is 19.6 Å². The van der Waals surface area contributed by atoms with E-state index in [1.165, 1.54) is 23.7 Å². The van der Waals surface area contributed by atoms with Crippen molar-refractivity contribution in [2.45, 2.75) is 32.1 Å². The number of benzene rings is 1. The number of carbonyl (C=O) groups is 1. The lowest BCUT2D eigenvalue weighted by atomic mass is 9.92. The summed E-state index contributed by atoms with van der Waals surface area (Å²) < 4.78 is 22.5. The van der Waals surface area contributed by atoms with Crippen LogP contribution in [0.4, 0.5) is 4.39 Å². The van der Waals surface area contributed by atoms with E-state index in [9.17, 15) is 9.18 Å². The second-order valence-corrected chi connectivity index (χ2v) is 7.53. The van der Waals surface area contributed by atoms with Crippen LogP contribution in [0.5, 0.6) is 0 Å². The molecule has 1 saturated heterocycles. The molecule has 0 radical (unpaired) electrons. The molecule has 0 spiro atoms. The van der Waals surface area contributed by atoms with Gasteiger partial charge in [-0.25, -0.2) is 4.39 Å². The first-order valence-electron chi connectivity index (χ1n) is 8.88. The van der Waals surface area contributed by atoms with E-state index in [0.29, 0.717) is 25.3 Å². The number of hydrogen-bond acceptors (Lipinski definition) is 6. The molecule has 4 rings (SSSR count). The maximum atomic E-state index is 13.0. The van der Waals surface area contributed by atoms with Gasteiger partial charge in [0.25, 0.3) is 0 Å². The first kappa shape index (κ1) is 17.8. The van der Waals surface area contributed by atoms with Crippen LogP contribution >= 0.6 is 11.5 Å². The third-order valence-corrected chi connectivity index (χ3v) is 5.62. The molecule has 27 heavy (non-hydrogen) atoms. The zero-order valence-electron chi connectivity index (χ0n) is 14.9. The first-order chi connectivity index (χ1) is 13.1. The highest BCUT2D eigenvalue weighted by Crippen LogP contribution is 2.36. The summed E-state index contributed by atoms with van der Waals surface area (Å²) in [6.45, 7) is 3.24. The molecule has 1 aliphatic rings.